The van der Waals surface area contributed by atoms with Crippen molar-refractivity contribution in [1.82, 2.24) is 21.3 Å². The van der Waals surface area contributed by atoms with Crippen molar-refractivity contribution in [2.45, 2.75) is 379 Å². The molecule has 0 aromatic rings. The summed E-state index contributed by atoms with van der Waals surface area (Å²) >= 11 is 0. The van der Waals surface area contributed by atoms with Crippen molar-refractivity contribution in [2.24, 2.45) is 0 Å². The fourth-order valence-electron chi connectivity index (χ4n) is 17.2. The van der Waals surface area contributed by atoms with Gasteiger partial charge in [0.25, 0.3) is 0 Å². The molecule has 11 saturated heterocycles. The number of amides is 4. The fraction of sp³-hybridized carbons (Fsp3) is 0.946. The Balaban J connectivity index is 0.923. The van der Waals surface area contributed by atoms with Crippen molar-refractivity contribution in [2.75, 3.05) is 59.5 Å². The SMILES string of the molecule is CC(=O)N[C@@H]1[C@H](O[C@@H]2[C@@H](O[C@@H]3[C@H](O)[C@H](O[C@H]4[C@H](O)[C@@H](NC(C)=O)[C@H](O[C@H]5[C@H](O)[C@@H](NC(C)=O)[C@H](O)O[C@@H]5CO[C@@H]5O[C@@H](C)[C@@H](O)[C@@H](O)[C@@H]5O)O[C@@H]4CO)O[C@H](CO[C@H]4O[C@H](CO)[C@@H](O)[C@H](O)[C@@H]4O[C@@H]4O[C@H](CO)[C@@H](O[C@@H]5O[C@H](CO)[C@H](O)[C@H](O)[C@H]5O)[C@H](O)[C@H]4NC(C)=O)[C@H]3O)O[C@H](CO)[C@@H](O)[C@@H]2O)O[C@H](CO)[C@@H](O[C@@H]2O[C@H](CO)[C@H](O)[C@H](O)[C@H]2O[C@@H]2O[C@@H](C)[C@@H](O)[C@@H](O)[C@@H]2O)[C@@H]1O. The molecule has 0 bridgehead atoms. The zero-order chi connectivity index (χ0) is 97.1. The predicted octanol–water partition coefficient (Wildman–Crippen LogP) is -22.3. The third kappa shape index (κ3) is 23.7. The maximum Gasteiger partial charge on any atom is 0.217 e. The first kappa shape index (κ1) is 108. The van der Waals surface area contributed by atoms with Gasteiger partial charge in [-0.1, -0.05) is 0 Å². The Morgan fingerprint density at radius 2 is 0.462 bits per heavy atom. The Labute approximate surface area is 748 Å². The Kier molecular flexibility index (Phi) is 38.5. The van der Waals surface area contributed by atoms with Crippen molar-refractivity contribution in [3.63, 3.8) is 0 Å². The fourth-order valence-corrected chi connectivity index (χ4v) is 17.2. The number of carbonyl (C=O) groups excluding carboxylic acids is 4. The first-order valence-corrected chi connectivity index (χ1v) is 42.4. The minimum Gasteiger partial charge on any atom is -0.394 e. The number of aliphatic hydroxyl groups is 29. The largest absolute Gasteiger partial charge is 0.394 e. The summed E-state index contributed by atoms with van der Waals surface area (Å²) in [4.78, 5) is 52.1. The molecule has 0 aromatic carbocycles. The zero-order valence-corrected chi connectivity index (χ0v) is 71.3. The molecule has 55 atom stereocenters. The molecule has 0 aliphatic carbocycles. The van der Waals surface area contributed by atoms with Crippen LogP contribution in [-0.2, 0) is 119 Å². The van der Waals surface area contributed by atoms with Crippen molar-refractivity contribution < 1.29 is 267 Å². The van der Waals surface area contributed by atoms with Crippen LogP contribution in [0.1, 0.15) is 41.5 Å². The minimum absolute atomic E-state index is 0.857. The van der Waals surface area contributed by atoms with Crippen LogP contribution in [0.3, 0.4) is 0 Å². The summed E-state index contributed by atoms with van der Waals surface area (Å²) < 4.78 is 125. The summed E-state index contributed by atoms with van der Waals surface area (Å²) in [5.74, 6) is -3.85. The van der Waals surface area contributed by atoms with Crippen molar-refractivity contribution >= 4 is 23.6 Å². The van der Waals surface area contributed by atoms with Gasteiger partial charge in [-0.3, -0.25) is 19.2 Å². The molecule has 11 rings (SSSR count). The highest BCUT2D eigenvalue weighted by molar-refractivity contribution is 5.74. The number of ether oxygens (including phenoxy) is 21. The van der Waals surface area contributed by atoms with Gasteiger partial charge in [0.05, 0.1) is 71.7 Å². The standard InChI is InChI=1S/C74H124N4O54/c1-16-35(90)46(101)52(107)68(114-16)112-15-30-59(42(97)31(64(111)116-30)75-18(3)86)125-65-32(76-19(4)87)43(98)57(27(12-84)121-65)127-71-55(110)60(41(96)29(124-71)14-113-72-61(49(104)38(93)23(8-80)118-72)130-66-33(77-20(5)88)44(99)56(26(11-83)122-66)126-70-54(109)48(103)37(92)22(7-79)117-70)129-74-62(50(105)39(94)25(10-82)120-74)131-67-34(78-21(6)89)45(100)58(28(13-85)123-67)128-73-63(51(106)40(95)24(9-81)119-73)132-69-53(108)47(102)36(91)17(2)115-69/h16-17,22-74,79-85,90-111H,7-15H2,1-6H3,(H,75,86)(H,76,87)(H,77,88)(H,78,89)/t16-,17-,22+,23+,24+,25+,26+,27+,28+,29+,30+,31+,32+,33+,34-,35+,36+,37-,38+,39+,40-,41+,42+,43+,44+,45+,46+,47+,48-,49-,50-,51-,52-,53-,54+,55-,56+,57+,58+,59+,60-,61-,62-,63+,64+,65-,66-,67-,68+,69-,70-,71-,72-,73-,74+/m0/s1. The number of nitrogens with one attached hydrogen (secondary N) is 4. The second-order valence-corrected chi connectivity index (χ2v) is 33.8. The Morgan fingerprint density at radius 1 is 0.212 bits per heavy atom. The minimum atomic E-state index is -2.67. The molecule has 58 heteroatoms. The van der Waals surface area contributed by atoms with Crippen LogP contribution in [-0.4, -0.2) is 569 Å². The highest BCUT2D eigenvalue weighted by Crippen LogP contribution is 2.42. The molecule has 58 nitrogen and oxygen atoms in total. The molecule has 11 heterocycles. The van der Waals surface area contributed by atoms with Gasteiger partial charge in [0, 0.05) is 27.7 Å². The Hall–Kier alpha value is -4.12. The van der Waals surface area contributed by atoms with Crippen LogP contribution < -0.4 is 21.3 Å². The number of carbonyl (C=O) groups is 4. The van der Waals surface area contributed by atoms with Gasteiger partial charge in [-0.25, -0.2) is 0 Å². The molecule has 11 fully saturated rings. The van der Waals surface area contributed by atoms with E-state index >= 15 is 0 Å². The van der Waals surface area contributed by atoms with Gasteiger partial charge >= 0.3 is 0 Å². The molecule has 0 unspecified atom stereocenters. The van der Waals surface area contributed by atoms with E-state index in [-0.39, 0.29) is 0 Å². The van der Waals surface area contributed by atoms with Crippen LogP contribution in [0.2, 0.25) is 0 Å². The van der Waals surface area contributed by atoms with E-state index in [4.69, 9.17) is 99.5 Å². The third-order valence-corrected chi connectivity index (χ3v) is 24.5. The van der Waals surface area contributed by atoms with E-state index in [1.54, 1.807) is 0 Å². The molecule has 0 radical (unpaired) electrons. The smallest absolute Gasteiger partial charge is 0.217 e. The van der Waals surface area contributed by atoms with Crippen LogP contribution >= 0.6 is 0 Å². The van der Waals surface area contributed by atoms with E-state index in [0.717, 1.165) is 27.7 Å². The third-order valence-electron chi connectivity index (χ3n) is 24.5. The van der Waals surface area contributed by atoms with Crippen LogP contribution in [0.15, 0.2) is 0 Å². The summed E-state index contributed by atoms with van der Waals surface area (Å²) in [6.45, 7) is -3.95. The van der Waals surface area contributed by atoms with Crippen LogP contribution in [0.4, 0.5) is 0 Å². The Bertz CT molecular complexity index is 3610. The number of hydrogen-bond acceptors (Lipinski definition) is 54. The molecular weight excluding hydrogens is 1810 g/mol. The first-order chi connectivity index (χ1) is 62.4. The lowest BCUT2D eigenvalue weighted by Gasteiger charge is -2.51. The molecule has 0 aromatic heterocycles. The average Bonchev–Trinajstić information content (AvgIpc) is 0.702. The second kappa shape index (κ2) is 47.0. The maximum atomic E-state index is 13.3. The Morgan fingerprint density at radius 3 is 0.856 bits per heavy atom. The quantitative estimate of drug-likeness (QED) is 0.0290. The van der Waals surface area contributed by atoms with E-state index in [2.05, 4.69) is 21.3 Å². The van der Waals surface area contributed by atoms with E-state index in [0.29, 0.717) is 0 Å². The molecule has 764 valence electrons. The van der Waals surface area contributed by atoms with E-state index in [1.807, 2.05) is 0 Å². The molecular formula is C74H124N4O54. The van der Waals surface area contributed by atoms with Crippen LogP contribution in [0.25, 0.3) is 0 Å². The lowest BCUT2D eigenvalue weighted by atomic mass is 9.93. The highest BCUT2D eigenvalue weighted by Gasteiger charge is 2.63. The topological polar surface area (TPSA) is 897 Å². The summed E-state index contributed by atoms with van der Waals surface area (Å²) in [7, 11) is 0. The monoisotopic (exact) mass is 1930 g/mol. The molecule has 132 heavy (non-hydrogen) atoms. The lowest BCUT2D eigenvalue weighted by molar-refractivity contribution is -0.401. The molecule has 0 spiro atoms. The summed E-state index contributed by atoms with van der Waals surface area (Å²) in [5, 5.41) is 335. The van der Waals surface area contributed by atoms with E-state index in [9.17, 15) is 167 Å². The summed E-state index contributed by atoms with van der Waals surface area (Å²) in [5.41, 5.74) is 0. The van der Waals surface area contributed by atoms with Crippen LogP contribution in [0.5, 0.6) is 0 Å². The average molecular weight is 1930 g/mol. The highest BCUT2D eigenvalue weighted by atomic mass is 16.8. The number of rotatable bonds is 33. The van der Waals surface area contributed by atoms with Gasteiger partial charge in [0.15, 0.2) is 69.2 Å². The molecule has 4 amide bonds. The van der Waals surface area contributed by atoms with Crippen molar-refractivity contribution in [1.29, 1.82) is 0 Å². The van der Waals surface area contributed by atoms with E-state index in [1.165, 1.54) is 13.8 Å². The van der Waals surface area contributed by atoms with Gasteiger partial charge in [-0.05, 0) is 13.8 Å². The normalized spacial score (nSPS) is 50.4. The van der Waals surface area contributed by atoms with Crippen molar-refractivity contribution in [3.8, 4) is 0 Å². The molecule has 0 saturated carbocycles. The van der Waals surface area contributed by atoms with Gasteiger partial charge < -0.3 is 269 Å². The van der Waals surface area contributed by atoms with Gasteiger partial charge in [-0.15, -0.1) is 0 Å². The number of aliphatic hydroxyl groups excluding tert-OH is 29. The predicted molar refractivity (Wildman–Crippen MR) is 406 cm³/mol. The second-order valence-electron chi connectivity index (χ2n) is 33.8. The van der Waals surface area contributed by atoms with E-state index < -0.39 is 421 Å². The van der Waals surface area contributed by atoms with Gasteiger partial charge in [0.2, 0.25) is 23.6 Å². The van der Waals surface area contributed by atoms with Gasteiger partial charge in [0.1, 0.15) is 256 Å². The first-order valence-electron chi connectivity index (χ1n) is 42.4. The maximum absolute atomic E-state index is 13.3. The lowest BCUT2D eigenvalue weighted by Crippen LogP contribution is -2.71. The number of hydrogen-bond donors (Lipinski definition) is 33. The summed E-state index contributed by atoms with van der Waals surface area (Å²) in [6.07, 6.45) is -106. The zero-order valence-electron chi connectivity index (χ0n) is 71.3. The summed E-state index contributed by atoms with van der Waals surface area (Å²) in [6, 6.07) is -7.85. The van der Waals surface area contributed by atoms with Crippen LogP contribution in [0, 0.1) is 0 Å². The van der Waals surface area contributed by atoms with Gasteiger partial charge in [-0.2, -0.15) is 0 Å². The molecule has 33 N–H and O–H groups in total. The molecule has 11 aliphatic rings. The molecule has 11 aliphatic heterocycles. The van der Waals surface area contributed by atoms with Crippen molar-refractivity contribution in [3.05, 3.63) is 0 Å².